The molecule has 1 unspecified atom stereocenters. The molecule has 0 spiro atoms. The summed E-state index contributed by atoms with van der Waals surface area (Å²) < 4.78 is 0. The quantitative estimate of drug-likeness (QED) is 0.565. The van der Waals surface area contributed by atoms with E-state index in [1.165, 1.54) is 4.88 Å². The molecular weight excluding hydrogens is 236 g/mol. The number of rotatable bonds is 4. The zero-order chi connectivity index (χ0) is 12.3. The molecule has 0 saturated heterocycles. The van der Waals surface area contributed by atoms with Crippen molar-refractivity contribution in [3.05, 3.63) is 28.5 Å². The first kappa shape index (κ1) is 11.7. The fourth-order valence-corrected chi connectivity index (χ4v) is 2.14. The number of nitrogens with one attached hydrogen (secondary N) is 2. The summed E-state index contributed by atoms with van der Waals surface area (Å²) in [7, 11) is 0. The van der Waals surface area contributed by atoms with Crippen molar-refractivity contribution in [1.29, 1.82) is 0 Å². The summed E-state index contributed by atoms with van der Waals surface area (Å²) in [5, 5.41) is 4.25. The number of hydrogen-bond donors (Lipinski definition) is 3. The molecule has 90 valence electrons. The van der Waals surface area contributed by atoms with Crippen molar-refractivity contribution in [2.75, 3.05) is 10.7 Å². The Bertz CT molecular complexity index is 497. The van der Waals surface area contributed by atoms with E-state index in [1.54, 1.807) is 23.7 Å². The lowest BCUT2D eigenvalue weighted by atomic mass is 10.3. The van der Waals surface area contributed by atoms with E-state index in [9.17, 15) is 0 Å². The smallest absolute Gasteiger partial charge is 0.160 e. The van der Waals surface area contributed by atoms with Crippen LogP contribution >= 0.6 is 11.3 Å². The molecule has 0 aliphatic carbocycles. The van der Waals surface area contributed by atoms with Gasteiger partial charge < -0.3 is 10.7 Å². The molecule has 7 heteroatoms. The third-order valence-electron chi connectivity index (χ3n) is 2.16. The molecule has 0 amide bonds. The van der Waals surface area contributed by atoms with Gasteiger partial charge in [0.15, 0.2) is 5.82 Å². The Balaban J connectivity index is 2.09. The lowest BCUT2D eigenvalue weighted by Gasteiger charge is -2.11. The number of hydrazine groups is 1. The Morgan fingerprint density at radius 1 is 1.29 bits per heavy atom. The van der Waals surface area contributed by atoms with Gasteiger partial charge in [0.05, 0.1) is 18.4 Å². The van der Waals surface area contributed by atoms with Crippen molar-refractivity contribution >= 4 is 23.0 Å². The van der Waals surface area contributed by atoms with Gasteiger partial charge in [0.2, 0.25) is 0 Å². The highest BCUT2D eigenvalue weighted by atomic mass is 32.1. The van der Waals surface area contributed by atoms with Gasteiger partial charge in [-0.15, -0.1) is 11.3 Å². The second kappa shape index (κ2) is 5.07. The molecule has 1 atom stereocenters. The van der Waals surface area contributed by atoms with Gasteiger partial charge in [-0.05, 0) is 13.8 Å². The zero-order valence-corrected chi connectivity index (χ0v) is 10.5. The molecule has 0 aliphatic rings. The second-order valence-corrected chi connectivity index (χ2v) is 4.88. The topological polar surface area (TPSA) is 88.8 Å². The van der Waals surface area contributed by atoms with Crippen LogP contribution < -0.4 is 16.6 Å². The van der Waals surface area contributed by atoms with E-state index in [1.807, 2.05) is 20.0 Å². The van der Waals surface area contributed by atoms with Gasteiger partial charge in [-0.2, -0.15) is 0 Å². The van der Waals surface area contributed by atoms with Crippen molar-refractivity contribution in [1.82, 2.24) is 15.0 Å². The van der Waals surface area contributed by atoms with Crippen LogP contribution in [0.1, 0.15) is 22.9 Å². The fraction of sp³-hybridized carbons (Fsp3) is 0.300. The molecule has 0 saturated carbocycles. The average molecular weight is 250 g/mol. The zero-order valence-electron chi connectivity index (χ0n) is 9.64. The number of nitrogens with two attached hydrogens (primary N) is 1. The molecule has 17 heavy (non-hydrogen) atoms. The molecule has 2 rings (SSSR count). The molecule has 2 aromatic rings. The monoisotopic (exact) mass is 250 g/mol. The summed E-state index contributed by atoms with van der Waals surface area (Å²) in [6, 6.07) is 0.0935. The van der Waals surface area contributed by atoms with Crippen LogP contribution in [0.5, 0.6) is 0 Å². The molecule has 0 aromatic carbocycles. The Hall–Kier alpha value is -1.73. The first-order valence-electron chi connectivity index (χ1n) is 5.16. The lowest BCUT2D eigenvalue weighted by Crippen LogP contribution is -2.12. The normalized spacial score (nSPS) is 12.2. The van der Waals surface area contributed by atoms with E-state index in [-0.39, 0.29) is 6.04 Å². The van der Waals surface area contributed by atoms with E-state index in [0.29, 0.717) is 11.6 Å². The van der Waals surface area contributed by atoms with Crippen molar-refractivity contribution in [3.63, 3.8) is 0 Å². The molecule has 0 aliphatic heterocycles. The molecule has 0 bridgehead atoms. The van der Waals surface area contributed by atoms with Crippen molar-refractivity contribution in [3.8, 4) is 0 Å². The van der Waals surface area contributed by atoms with Crippen LogP contribution in [-0.4, -0.2) is 15.0 Å². The van der Waals surface area contributed by atoms with E-state index in [2.05, 4.69) is 25.7 Å². The number of nitrogen functional groups attached to an aromatic ring is 1. The first-order chi connectivity index (χ1) is 8.19. The highest BCUT2D eigenvalue weighted by Gasteiger charge is 2.10. The maximum absolute atomic E-state index is 5.27. The Morgan fingerprint density at radius 3 is 2.71 bits per heavy atom. The first-order valence-corrected chi connectivity index (χ1v) is 5.98. The third-order valence-corrected chi connectivity index (χ3v) is 3.25. The Kier molecular flexibility index (Phi) is 3.50. The van der Waals surface area contributed by atoms with Gasteiger partial charge in [0, 0.05) is 11.1 Å². The van der Waals surface area contributed by atoms with Crippen LogP contribution in [-0.2, 0) is 0 Å². The number of thiazole rings is 1. The predicted octanol–water partition coefficient (Wildman–Crippen LogP) is 1.70. The van der Waals surface area contributed by atoms with Crippen LogP contribution in [0, 0.1) is 6.92 Å². The largest absolute Gasteiger partial charge is 0.360 e. The van der Waals surface area contributed by atoms with Gasteiger partial charge in [0.1, 0.15) is 10.8 Å². The van der Waals surface area contributed by atoms with Crippen molar-refractivity contribution in [2.45, 2.75) is 19.9 Å². The van der Waals surface area contributed by atoms with Crippen LogP contribution in [0.4, 0.5) is 11.6 Å². The highest BCUT2D eigenvalue weighted by Crippen LogP contribution is 2.22. The number of anilines is 2. The SMILES string of the molecule is Cc1cnc(C(C)Nc2cncc(NN)n2)s1. The van der Waals surface area contributed by atoms with E-state index < -0.39 is 0 Å². The van der Waals surface area contributed by atoms with Crippen molar-refractivity contribution < 1.29 is 0 Å². The molecule has 0 radical (unpaired) electrons. The minimum atomic E-state index is 0.0935. The highest BCUT2D eigenvalue weighted by molar-refractivity contribution is 7.11. The van der Waals surface area contributed by atoms with E-state index in [4.69, 9.17) is 5.84 Å². The predicted molar refractivity (Wildman–Crippen MR) is 68.7 cm³/mol. The standard InChI is InChI=1S/C10H14N6S/c1-6-3-13-10(17-6)7(2)14-8-4-12-5-9(15-8)16-11/h3-5,7H,11H2,1-2H3,(H2,14,15,16). The summed E-state index contributed by atoms with van der Waals surface area (Å²) in [5.41, 5.74) is 2.46. The Morgan fingerprint density at radius 2 is 2.06 bits per heavy atom. The molecule has 2 heterocycles. The minimum Gasteiger partial charge on any atom is -0.360 e. The second-order valence-electron chi connectivity index (χ2n) is 3.61. The third kappa shape index (κ3) is 2.89. The molecule has 0 fully saturated rings. The van der Waals surface area contributed by atoms with Gasteiger partial charge in [-0.3, -0.25) is 4.98 Å². The van der Waals surface area contributed by atoms with E-state index in [0.717, 1.165) is 5.01 Å². The van der Waals surface area contributed by atoms with Gasteiger partial charge >= 0.3 is 0 Å². The minimum absolute atomic E-state index is 0.0935. The van der Waals surface area contributed by atoms with Crippen molar-refractivity contribution in [2.24, 2.45) is 5.84 Å². The fourth-order valence-electron chi connectivity index (χ4n) is 1.36. The number of nitrogens with zero attached hydrogens (tertiary/aromatic N) is 3. The number of aromatic nitrogens is 3. The summed E-state index contributed by atoms with van der Waals surface area (Å²) >= 11 is 1.66. The van der Waals surface area contributed by atoms with Gasteiger partial charge in [-0.25, -0.2) is 15.8 Å². The van der Waals surface area contributed by atoms with Gasteiger partial charge in [-0.1, -0.05) is 0 Å². The number of aryl methyl sites for hydroxylation is 1. The molecular formula is C10H14N6S. The maximum atomic E-state index is 5.27. The number of hydrogen-bond acceptors (Lipinski definition) is 7. The Labute approximate surface area is 103 Å². The molecule has 4 N–H and O–H groups in total. The van der Waals surface area contributed by atoms with Crippen LogP contribution in [0.15, 0.2) is 18.6 Å². The van der Waals surface area contributed by atoms with Crippen LogP contribution in [0.2, 0.25) is 0 Å². The maximum Gasteiger partial charge on any atom is 0.160 e. The molecule has 6 nitrogen and oxygen atoms in total. The average Bonchev–Trinajstić information content (AvgIpc) is 2.76. The van der Waals surface area contributed by atoms with Gasteiger partial charge in [0.25, 0.3) is 0 Å². The summed E-state index contributed by atoms with van der Waals surface area (Å²) in [6.07, 6.45) is 5.07. The lowest BCUT2D eigenvalue weighted by molar-refractivity contribution is 0.858. The summed E-state index contributed by atoms with van der Waals surface area (Å²) in [6.45, 7) is 4.06. The summed E-state index contributed by atoms with van der Waals surface area (Å²) in [4.78, 5) is 13.8. The summed E-state index contributed by atoms with van der Waals surface area (Å²) in [5.74, 6) is 6.47. The van der Waals surface area contributed by atoms with E-state index >= 15 is 0 Å². The van der Waals surface area contributed by atoms with Crippen LogP contribution in [0.3, 0.4) is 0 Å². The van der Waals surface area contributed by atoms with Crippen LogP contribution in [0.25, 0.3) is 0 Å². The molecule has 2 aromatic heterocycles.